The first-order valence-corrected chi connectivity index (χ1v) is 5.07. The molecule has 0 aliphatic heterocycles. The fraction of sp³-hybridized carbons (Fsp3) is 0.333. The van der Waals surface area contributed by atoms with E-state index in [2.05, 4.69) is 25.7 Å². The number of carbonyl (C=O) groups excluding carboxylic acids is 1. The number of ether oxygens (including phenoxy) is 1. The molecule has 0 unspecified atom stereocenters. The number of pyridine rings is 1. The SMILES string of the molecule is CCOC(=O)c1c(F)ncc(C(F)F)c1Br. The highest BCUT2D eigenvalue weighted by molar-refractivity contribution is 9.10. The maximum absolute atomic E-state index is 13.2. The lowest BCUT2D eigenvalue weighted by atomic mass is 10.2. The second-order valence-corrected chi connectivity index (χ2v) is 3.51. The minimum absolute atomic E-state index is 0.0175. The standard InChI is InChI=1S/C9H7BrF3NO2/c1-2-16-9(15)5-6(10)4(7(11)12)3-14-8(5)13/h3,7H,2H2,1H3. The van der Waals surface area contributed by atoms with Gasteiger partial charge in [-0.05, 0) is 22.9 Å². The van der Waals surface area contributed by atoms with Gasteiger partial charge in [0, 0.05) is 10.7 Å². The van der Waals surface area contributed by atoms with Crippen LogP contribution in [0.5, 0.6) is 0 Å². The number of hydrogen-bond donors (Lipinski definition) is 0. The maximum atomic E-state index is 13.2. The number of carbonyl (C=O) groups is 1. The fourth-order valence-corrected chi connectivity index (χ4v) is 1.61. The highest BCUT2D eigenvalue weighted by Crippen LogP contribution is 2.30. The zero-order chi connectivity index (χ0) is 12.3. The van der Waals surface area contributed by atoms with Gasteiger partial charge in [0.05, 0.1) is 12.2 Å². The molecule has 0 saturated carbocycles. The summed E-state index contributed by atoms with van der Waals surface area (Å²) in [6.07, 6.45) is -2.18. The van der Waals surface area contributed by atoms with Crippen LogP contribution in [0.25, 0.3) is 0 Å². The molecular weight excluding hydrogens is 291 g/mol. The third-order valence-electron chi connectivity index (χ3n) is 1.71. The van der Waals surface area contributed by atoms with Crippen molar-refractivity contribution in [1.29, 1.82) is 0 Å². The molecule has 0 atom stereocenters. The molecule has 0 aromatic carbocycles. The van der Waals surface area contributed by atoms with E-state index in [4.69, 9.17) is 0 Å². The molecule has 1 rings (SSSR count). The normalized spacial score (nSPS) is 10.6. The Morgan fingerprint density at radius 3 is 2.75 bits per heavy atom. The Labute approximate surface area is 97.8 Å². The van der Waals surface area contributed by atoms with Crippen molar-refractivity contribution in [1.82, 2.24) is 4.98 Å². The van der Waals surface area contributed by atoms with Gasteiger partial charge in [0.25, 0.3) is 6.43 Å². The predicted molar refractivity (Wildman–Crippen MR) is 52.8 cm³/mol. The van der Waals surface area contributed by atoms with E-state index in [0.717, 1.165) is 0 Å². The smallest absolute Gasteiger partial charge is 0.343 e. The molecule has 16 heavy (non-hydrogen) atoms. The van der Waals surface area contributed by atoms with Crippen LogP contribution in [-0.2, 0) is 4.74 Å². The third kappa shape index (κ3) is 2.52. The van der Waals surface area contributed by atoms with Crippen molar-refractivity contribution < 1.29 is 22.7 Å². The third-order valence-corrected chi connectivity index (χ3v) is 2.57. The van der Waals surface area contributed by atoms with E-state index in [1.807, 2.05) is 0 Å². The Bertz CT molecular complexity index is 412. The molecule has 0 saturated heterocycles. The summed E-state index contributed by atoms with van der Waals surface area (Å²) in [5, 5.41) is 0. The summed E-state index contributed by atoms with van der Waals surface area (Å²) in [5.41, 5.74) is -1.16. The van der Waals surface area contributed by atoms with Crippen LogP contribution in [0.4, 0.5) is 13.2 Å². The van der Waals surface area contributed by atoms with Crippen molar-refractivity contribution in [2.45, 2.75) is 13.3 Å². The molecular formula is C9H7BrF3NO2. The summed E-state index contributed by atoms with van der Waals surface area (Å²) < 4.78 is 42.3. The highest BCUT2D eigenvalue weighted by atomic mass is 79.9. The predicted octanol–water partition coefficient (Wildman–Crippen LogP) is 3.10. The number of hydrogen-bond acceptors (Lipinski definition) is 3. The van der Waals surface area contributed by atoms with Gasteiger partial charge in [0.15, 0.2) is 0 Å². The van der Waals surface area contributed by atoms with Gasteiger partial charge < -0.3 is 4.74 Å². The van der Waals surface area contributed by atoms with Crippen molar-refractivity contribution >= 4 is 21.9 Å². The molecule has 1 aromatic heterocycles. The van der Waals surface area contributed by atoms with E-state index in [0.29, 0.717) is 6.20 Å². The summed E-state index contributed by atoms with van der Waals surface area (Å²) in [5.74, 6) is -2.17. The number of rotatable bonds is 3. The van der Waals surface area contributed by atoms with Gasteiger partial charge in [0.1, 0.15) is 5.56 Å². The van der Waals surface area contributed by atoms with Crippen molar-refractivity contribution in [3.8, 4) is 0 Å². The lowest BCUT2D eigenvalue weighted by Crippen LogP contribution is -2.11. The molecule has 0 bridgehead atoms. The molecule has 0 radical (unpaired) electrons. The van der Waals surface area contributed by atoms with Crippen LogP contribution in [-0.4, -0.2) is 17.6 Å². The molecule has 0 aliphatic carbocycles. The van der Waals surface area contributed by atoms with Gasteiger partial charge in [0.2, 0.25) is 5.95 Å². The van der Waals surface area contributed by atoms with Gasteiger partial charge >= 0.3 is 5.97 Å². The minimum atomic E-state index is -2.85. The van der Waals surface area contributed by atoms with Gasteiger partial charge in [-0.15, -0.1) is 0 Å². The van der Waals surface area contributed by atoms with Crippen LogP contribution >= 0.6 is 15.9 Å². The molecule has 1 heterocycles. The summed E-state index contributed by atoms with van der Waals surface area (Å²) in [6.45, 7) is 1.54. The van der Waals surface area contributed by atoms with E-state index in [1.54, 1.807) is 0 Å². The number of halogens is 4. The highest BCUT2D eigenvalue weighted by Gasteiger charge is 2.24. The van der Waals surface area contributed by atoms with Crippen molar-refractivity contribution in [3.63, 3.8) is 0 Å². The monoisotopic (exact) mass is 297 g/mol. The van der Waals surface area contributed by atoms with Gasteiger partial charge in [-0.25, -0.2) is 18.6 Å². The summed E-state index contributed by atoms with van der Waals surface area (Å²) in [4.78, 5) is 14.4. The van der Waals surface area contributed by atoms with Crippen LogP contribution in [0, 0.1) is 5.95 Å². The van der Waals surface area contributed by atoms with E-state index in [-0.39, 0.29) is 11.1 Å². The first kappa shape index (κ1) is 13.0. The Hall–Kier alpha value is -1.11. The molecule has 1 aromatic rings. The average Bonchev–Trinajstić information content (AvgIpc) is 2.17. The van der Waals surface area contributed by atoms with Crippen LogP contribution in [0.1, 0.15) is 29.3 Å². The zero-order valence-electron chi connectivity index (χ0n) is 8.14. The topological polar surface area (TPSA) is 39.2 Å². The Morgan fingerprint density at radius 1 is 1.62 bits per heavy atom. The molecule has 88 valence electrons. The first-order valence-electron chi connectivity index (χ1n) is 4.28. The van der Waals surface area contributed by atoms with Gasteiger partial charge in [-0.1, -0.05) is 0 Å². The molecule has 3 nitrogen and oxygen atoms in total. The number of alkyl halides is 2. The molecule has 0 amide bonds. The number of aromatic nitrogens is 1. The molecule has 0 aliphatic rings. The zero-order valence-corrected chi connectivity index (χ0v) is 9.72. The Balaban J connectivity index is 3.26. The lowest BCUT2D eigenvalue weighted by Gasteiger charge is -2.08. The summed E-state index contributed by atoms with van der Waals surface area (Å²) in [7, 11) is 0. The second kappa shape index (κ2) is 5.29. The van der Waals surface area contributed by atoms with Gasteiger partial charge in [-0.2, -0.15) is 4.39 Å². The molecule has 0 N–H and O–H groups in total. The van der Waals surface area contributed by atoms with Crippen molar-refractivity contribution in [2.24, 2.45) is 0 Å². The fourth-order valence-electron chi connectivity index (χ4n) is 1.01. The quantitative estimate of drug-likeness (QED) is 0.636. The first-order chi connectivity index (χ1) is 7.49. The van der Waals surface area contributed by atoms with Crippen LogP contribution in [0.2, 0.25) is 0 Å². The molecule has 0 spiro atoms. The maximum Gasteiger partial charge on any atom is 0.343 e. The summed E-state index contributed by atoms with van der Waals surface area (Å²) >= 11 is 2.74. The van der Waals surface area contributed by atoms with E-state index < -0.39 is 29.5 Å². The largest absolute Gasteiger partial charge is 0.462 e. The minimum Gasteiger partial charge on any atom is -0.462 e. The molecule has 0 fully saturated rings. The summed E-state index contributed by atoms with van der Waals surface area (Å²) in [6, 6.07) is 0. The van der Waals surface area contributed by atoms with Crippen molar-refractivity contribution in [3.05, 3.63) is 27.7 Å². The van der Waals surface area contributed by atoms with Crippen LogP contribution in [0.15, 0.2) is 10.7 Å². The second-order valence-electron chi connectivity index (χ2n) is 2.71. The molecule has 7 heteroatoms. The number of nitrogens with zero attached hydrogens (tertiary/aromatic N) is 1. The lowest BCUT2D eigenvalue weighted by molar-refractivity contribution is 0.0518. The average molecular weight is 298 g/mol. The Morgan fingerprint density at radius 2 is 2.25 bits per heavy atom. The van der Waals surface area contributed by atoms with Crippen molar-refractivity contribution in [2.75, 3.05) is 6.61 Å². The number of esters is 1. The van der Waals surface area contributed by atoms with E-state index in [1.165, 1.54) is 6.92 Å². The Kier molecular flexibility index (Phi) is 4.28. The van der Waals surface area contributed by atoms with Gasteiger partial charge in [-0.3, -0.25) is 0 Å². The van der Waals surface area contributed by atoms with E-state index >= 15 is 0 Å². The van der Waals surface area contributed by atoms with Crippen LogP contribution in [0.3, 0.4) is 0 Å². The van der Waals surface area contributed by atoms with Crippen LogP contribution < -0.4 is 0 Å². The van der Waals surface area contributed by atoms with E-state index in [9.17, 15) is 18.0 Å².